The van der Waals surface area contributed by atoms with Crippen molar-refractivity contribution in [2.45, 2.75) is 6.54 Å². The van der Waals surface area contributed by atoms with Crippen LogP contribution in [0.3, 0.4) is 0 Å². The topological polar surface area (TPSA) is 146 Å². The van der Waals surface area contributed by atoms with Gasteiger partial charge in [-0.05, 0) is 24.3 Å². The van der Waals surface area contributed by atoms with E-state index in [0.29, 0.717) is 29.4 Å². The van der Waals surface area contributed by atoms with Crippen molar-refractivity contribution in [3.05, 3.63) is 70.4 Å². The van der Waals surface area contributed by atoms with Crippen molar-refractivity contribution in [2.75, 3.05) is 29.6 Å². The molecular weight excluding hydrogens is 443 g/mol. The highest BCUT2D eigenvalue weighted by Crippen LogP contribution is 2.38. The average molecular weight is 465 g/mol. The molecular formula is C21H19FN10O2. The van der Waals surface area contributed by atoms with Gasteiger partial charge in [0.15, 0.2) is 17.3 Å². The first-order valence-electron chi connectivity index (χ1n) is 11.5. The van der Waals surface area contributed by atoms with Crippen molar-refractivity contribution >= 4 is 34.6 Å². The summed E-state index contributed by atoms with van der Waals surface area (Å²) in [7, 11) is 1.81. The van der Waals surface area contributed by atoms with Crippen LogP contribution in [0, 0.1) is 5.82 Å². The number of nitrogens with zero attached hydrogens (tertiary/aromatic N) is 6. The van der Waals surface area contributed by atoms with Gasteiger partial charge < -0.3 is 20.9 Å². The summed E-state index contributed by atoms with van der Waals surface area (Å²) in [6.45, 7) is -2.43. The number of hydrogen-bond donors (Lipinski definition) is 4. The van der Waals surface area contributed by atoms with Crippen molar-refractivity contribution in [1.82, 2.24) is 35.3 Å². The molecule has 0 unspecified atom stereocenters. The van der Waals surface area contributed by atoms with Crippen molar-refractivity contribution in [3.63, 3.8) is 0 Å². The van der Waals surface area contributed by atoms with Gasteiger partial charge in [-0.1, -0.05) is 6.07 Å². The Labute approximate surface area is 196 Å². The summed E-state index contributed by atoms with van der Waals surface area (Å²) in [5.74, 6) is -0.552. The summed E-state index contributed by atoms with van der Waals surface area (Å²) in [6.07, 6.45) is 1.02. The van der Waals surface area contributed by atoms with Gasteiger partial charge in [0.1, 0.15) is 11.6 Å². The summed E-state index contributed by atoms with van der Waals surface area (Å²) < 4.78 is 36.8. The van der Waals surface area contributed by atoms with E-state index in [1.54, 1.807) is 18.2 Å². The second-order valence-corrected chi connectivity index (χ2v) is 7.37. The minimum Gasteiger partial charge on any atom is -0.364 e. The Morgan fingerprint density at radius 2 is 2.06 bits per heavy atom. The zero-order valence-corrected chi connectivity index (χ0v) is 17.6. The number of nitrogens with one attached hydrogen (secondary N) is 4. The number of fused-ring (bicyclic) bond motifs is 3. The summed E-state index contributed by atoms with van der Waals surface area (Å²) in [5, 5.41) is 22.2. The molecule has 34 heavy (non-hydrogen) atoms. The average Bonchev–Trinajstić information content (AvgIpc) is 3.20. The molecule has 1 aromatic carbocycles. The quantitative estimate of drug-likeness (QED) is 0.346. The van der Waals surface area contributed by atoms with E-state index in [1.807, 2.05) is 17.3 Å². The monoisotopic (exact) mass is 465 g/mol. The highest BCUT2D eigenvalue weighted by Gasteiger charge is 2.26. The number of carbonyl (C=O) groups is 1. The molecule has 13 heteroatoms. The van der Waals surface area contributed by atoms with Gasteiger partial charge in [-0.3, -0.25) is 4.79 Å². The molecule has 4 heterocycles. The molecule has 0 spiro atoms. The number of para-hydroxylation sites is 1. The van der Waals surface area contributed by atoms with Crippen LogP contribution in [-0.4, -0.2) is 49.9 Å². The van der Waals surface area contributed by atoms with Gasteiger partial charge in [0, 0.05) is 24.2 Å². The minimum absolute atomic E-state index is 0.119. The Morgan fingerprint density at radius 3 is 2.85 bits per heavy atom. The molecule has 4 aromatic rings. The van der Waals surface area contributed by atoms with Gasteiger partial charge in [-0.15, -0.1) is 10.2 Å². The molecule has 12 nitrogen and oxygen atoms in total. The van der Waals surface area contributed by atoms with Crippen molar-refractivity contribution in [2.24, 2.45) is 0 Å². The van der Waals surface area contributed by atoms with Crippen molar-refractivity contribution < 1.29 is 13.3 Å². The number of aromatic nitrogens is 6. The molecule has 0 aliphatic carbocycles. The molecule has 3 aromatic heterocycles. The third kappa shape index (κ3) is 3.68. The molecule has 0 saturated carbocycles. The van der Waals surface area contributed by atoms with Crippen LogP contribution in [0.1, 0.15) is 20.4 Å². The maximum Gasteiger partial charge on any atom is 0.348 e. The fourth-order valence-electron chi connectivity index (χ4n) is 3.69. The van der Waals surface area contributed by atoms with Gasteiger partial charge in [0.05, 0.1) is 35.5 Å². The van der Waals surface area contributed by atoms with Crippen LogP contribution in [-0.2, 0) is 6.54 Å². The molecule has 0 saturated heterocycles. The maximum atomic E-state index is 13.2. The highest BCUT2D eigenvalue weighted by molar-refractivity contribution is 5.99. The predicted octanol–water partition coefficient (Wildman–Crippen LogP) is 1.68. The lowest BCUT2D eigenvalue weighted by Gasteiger charge is -2.30. The third-order valence-electron chi connectivity index (χ3n) is 5.13. The Morgan fingerprint density at radius 1 is 1.18 bits per heavy atom. The predicted molar refractivity (Wildman–Crippen MR) is 122 cm³/mol. The van der Waals surface area contributed by atoms with Crippen LogP contribution >= 0.6 is 0 Å². The molecule has 5 rings (SSSR count). The maximum absolute atomic E-state index is 13.2. The van der Waals surface area contributed by atoms with Crippen LogP contribution in [0.25, 0.3) is 5.69 Å². The number of aromatic amines is 1. The number of halogens is 1. The normalized spacial score (nSPS) is 13.7. The second kappa shape index (κ2) is 8.27. The summed E-state index contributed by atoms with van der Waals surface area (Å²) in [5.41, 5.74) is 1.12. The zero-order valence-electron chi connectivity index (χ0n) is 20.6. The number of carbonyl (C=O) groups excluding carboxylic acids is 1. The van der Waals surface area contributed by atoms with Crippen LogP contribution in [0.4, 0.5) is 33.1 Å². The van der Waals surface area contributed by atoms with Crippen LogP contribution in [0.5, 0.6) is 0 Å². The fourth-order valence-corrected chi connectivity index (χ4v) is 3.69. The number of rotatable bonds is 5. The number of amides is 1. The smallest absolute Gasteiger partial charge is 0.348 e. The van der Waals surface area contributed by atoms with E-state index in [2.05, 4.69) is 36.0 Å². The van der Waals surface area contributed by atoms with Crippen LogP contribution in [0.15, 0.2) is 47.4 Å². The minimum atomic E-state index is -2.75. The first-order chi connectivity index (χ1) is 17.6. The Balaban J connectivity index is 1.57. The van der Waals surface area contributed by atoms with Gasteiger partial charge >= 0.3 is 5.69 Å². The highest BCUT2D eigenvalue weighted by atomic mass is 19.1. The third-order valence-corrected chi connectivity index (χ3v) is 5.13. The van der Waals surface area contributed by atoms with Gasteiger partial charge in [-0.2, -0.15) is 5.10 Å². The molecule has 0 radical (unpaired) electrons. The van der Waals surface area contributed by atoms with E-state index in [4.69, 9.17) is 4.11 Å². The Kier molecular flexibility index (Phi) is 4.31. The molecule has 1 aliphatic rings. The van der Waals surface area contributed by atoms with E-state index in [-0.39, 0.29) is 23.0 Å². The number of anilines is 5. The van der Waals surface area contributed by atoms with Crippen molar-refractivity contribution in [1.29, 1.82) is 0 Å². The van der Waals surface area contributed by atoms with Crippen molar-refractivity contribution in [3.8, 4) is 5.69 Å². The van der Waals surface area contributed by atoms with E-state index in [9.17, 15) is 14.0 Å². The standard InChI is InChI=1S/C21H19FN10O2/c1-23-20(33)18-13(8-16(27-29-18)26-15-7-6-11(22)9-24-15)25-12-4-3-5-14-19(12)31(2)10-17-28-30-21(34)32(14)17/h3-9H,10H2,1-2H3,(H,23,33)(H,30,34)(H2,24,25,26,27)/i1D3. The molecule has 4 N–H and O–H groups in total. The first-order valence-corrected chi connectivity index (χ1v) is 9.96. The summed E-state index contributed by atoms with van der Waals surface area (Å²) >= 11 is 0. The van der Waals surface area contributed by atoms with Crippen LogP contribution < -0.4 is 26.5 Å². The molecule has 0 atom stereocenters. The Hall–Kier alpha value is -4.81. The molecule has 172 valence electrons. The van der Waals surface area contributed by atoms with Gasteiger partial charge in [0.25, 0.3) is 5.91 Å². The SMILES string of the molecule is [2H]C([2H])([2H])NC(=O)c1nnc(Nc2ccc(F)cn2)cc1Nc1cccc2c1N(C)Cc1n[nH]c(=O)n1-2. The number of pyridine rings is 1. The van der Waals surface area contributed by atoms with Gasteiger partial charge in [0.2, 0.25) is 0 Å². The lowest BCUT2D eigenvalue weighted by atomic mass is 10.1. The first kappa shape index (κ1) is 17.7. The lowest BCUT2D eigenvalue weighted by Crippen LogP contribution is -2.30. The molecule has 1 aliphatic heterocycles. The van der Waals surface area contributed by atoms with Crippen LogP contribution in [0.2, 0.25) is 0 Å². The number of hydrogen-bond acceptors (Lipinski definition) is 9. The number of H-pyrrole nitrogens is 1. The molecule has 0 bridgehead atoms. The molecule has 0 fully saturated rings. The zero-order chi connectivity index (χ0) is 26.3. The van der Waals surface area contributed by atoms with E-state index in [1.165, 1.54) is 22.8 Å². The largest absolute Gasteiger partial charge is 0.364 e. The fraction of sp³-hybridized carbons (Fsp3) is 0.143. The summed E-state index contributed by atoms with van der Waals surface area (Å²) in [6, 6.07) is 9.22. The lowest BCUT2D eigenvalue weighted by molar-refractivity contribution is 0.0958. The van der Waals surface area contributed by atoms with Gasteiger partial charge in [-0.25, -0.2) is 23.8 Å². The van der Waals surface area contributed by atoms with E-state index < -0.39 is 24.4 Å². The summed E-state index contributed by atoms with van der Waals surface area (Å²) in [4.78, 5) is 30.9. The number of benzene rings is 1. The Bertz CT molecular complexity index is 1550. The molecule has 1 amide bonds. The second-order valence-electron chi connectivity index (χ2n) is 7.37. The van der Waals surface area contributed by atoms with E-state index >= 15 is 0 Å². The van der Waals surface area contributed by atoms with E-state index in [0.717, 1.165) is 6.20 Å².